The van der Waals surface area contributed by atoms with Crippen molar-refractivity contribution in [2.45, 2.75) is 43.9 Å². The summed E-state index contributed by atoms with van der Waals surface area (Å²) in [4.78, 5) is 32.2. The molecule has 0 aliphatic carbocycles. The average molecular weight is 339 g/mol. The molecule has 3 N–H and O–H groups in total. The second-order valence-corrected chi connectivity index (χ2v) is 7.65. The lowest BCUT2D eigenvalue weighted by Gasteiger charge is -2.32. The summed E-state index contributed by atoms with van der Waals surface area (Å²) in [6.07, 6.45) is 1.76. The Labute approximate surface area is 135 Å². The van der Waals surface area contributed by atoms with E-state index in [1.54, 1.807) is 11.3 Å². The largest absolute Gasteiger partial charge is 0.370 e. The average Bonchev–Trinajstić information content (AvgIpc) is 2.80. The van der Waals surface area contributed by atoms with Gasteiger partial charge in [-0.3, -0.25) is 9.59 Å². The van der Waals surface area contributed by atoms with Crippen molar-refractivity contribution in [2.75, 3.05) is 5.75 Å². The Morgan fingerprint density at radius 1 is 1.59 bits per heavy atom. The molecule has 1 atom stereocenters. The molecule has 0 aromatic carbocycles. The number of ether oxygens (including phenoxy) is 1. The number of carbonyl (C=O) groups is 1. The number of primary amides is 1. The summed E-state index contributed by atoms with van der Waals surface area (Å²) in [5.41, 5.74) is 6.50. The molecule has 3 heterocycles. The zero-order valence-corrected chi connectivity index (χ0v) is 14.0. The molecule has 0 saturated heterocycles. The SMILES string of the molecule is CCC1(C)Cc2sc3[nH]c(=O)c(SCC(N)=O)nc3c2CO1. The van der Waals surface area contributed by atoms with E-state index in [1.165, 1.54) is 4.88 Å². The number of thiophene rings is 1. The number of rotatable bonds is 4. The van der Waals surface area contributed by atoms with E-state index in [0.29, 0.717) is 6.61 Å². The zero-order chi connectivity index (χ0) is 15.9. The molecule has 1 unspecified atom stereocenters. The molecule has 1 aliphatic heterocycles. The van der Waals surface area contributed by atoms with E-state index in [1.807, 2.05) is 0 Å². The standard InChI is InChI=1S/C14H17N3O3S2/c1-3-14(2)4-8-7(5-20-14)10-12(22-8)17-11(19)13(16-10)21-6-9(15)18/h3-6H2,1-2H3,(H2,15,18)(H,17,19). The topological polar surface area (TPSA) is 98.1 Å². The monoisotopic (exact) mass is 339 g/mol. The van der Waals surface area contributed by atoms with Crippen LogP contribution in [0.2, 0.25) is 0 Å². The van der Waals surface area contributed by atoms with Crippen molar-refractivity contribution in [3.05, 3.63) is 20.8 Å². The van der Waals surface area contributed by atoms with E-state index >= 15 is 0 Å². The van der Waals surface area contributed by atoms with Crippen LogP contribution in [0.25, 0.3) is 10.3 Å². The second-order valence-electron chi connectivity index (χ2n) is 5.58. The Bertz CT molecular complexity index is 798. The van der Waals surface area contributed by atoms with Crippen LogP contribution in [0.15, 0.2) is 9.82 Å². The van der Waals surface area contributed by atoms with Crippen LogP contribution in [0.1, 0.15) is 30.7 Å². The molecule has 118 valence electrons. The molecule has 0 bridgehead atoms. The van der Waals surface area contributed by atoms with Crippen LogP contribution in [0.5, 0.6) is 0 Å². The van der Waals surface area contributed by atoms with Crippen molar-refractivity contribution in [1.82, 2.24) is 9.97 Å². The summed E-state index contributed by atoms with van der Waals surface area (Å²) < 4.78 is 5.97. The van der Waals surface area contributed by atoms with Gasteiger partial charge >= 0.3 is 0 Å². The highest BCUT2D eigenvalue weighted by Gasteiger charge is 2.32. The van der Waals surface area contributed by atoms with Gasteiger partial charge in [0.1, 0.15) is 10.3 Å². The number of H-pyrrole nitrogens is 1. The summed E-state index contributed by atoms with van der Waals surface area (Å²) in [6.45, 7) is 4.71. The molecule has 0 fully saturated rings. The van der Waals surface area contributed by atoms with Crippen molar-refractivity contribution in [1.29, 1.82) is 0 Å². The van der Waals surface area contributed by atoms with E-state index in [2.05, 4.69) is 23.8 Å². The summed E-state index contributed by atoms with van der Waals surface area (Å²) in [5.74, 6) is -0.432. The molecule has 8 heteroatoms. The molecule has 0 radical (unpaired) electrons. The molecule has 6 nitrogen and oxygen atoms in total. The number of aromatic amines is 1. The molecule has 2 aromatic heterocycles. The third-order valence-corrected chi connectivity index (χ3v) is 6.01. The van der Waals surface area contributed by atoms with Crippen LogP contribution in [0.3, 0.4) is 0 Å². The van der Waals surface area contributed by atoms with Gasteiger partial charge in [0.15, 0.2) is 5.03 Å². The van der Waals surface area contributed by atoms with Crippen LogP contribution in [0.4, 0.5) is 0 Å². The second kappa shape index (κ2) is 5.68. The maximum atomic E-state index is 12.0. The van der Waals surface area contributed by atoms with E-state index in [9.17, 15) is 9.59 Å². The first-order valence-corrected chi connectivity index (χ1v) is 8.81. The van der Waals surface area contributed by atoms with Crippen molar-refractivity contribution >= 4 is 39.4 Å². The first-order chi connectivity index (χ1) is 10.4. The Balaban J connectivity index is 2.03. The predicted molar refractivity (Wildman–Crippen MR) is 87.3 cm³/mol. The van der Waals surface area contributed by atoms with Gasteiger partial charge in [-0.25, -0.2) is 4.98 Å². The molecule has 2 aromatic rings. The number of nitrogens with two attached hydrogens (primary N) is 1. The van der Waals surface area contributed by atoms with Crippen LogP contribution in [-0.2, 0) is 22.6 Å². The van der Waals surface area contributed by atoms with Gasteiger partial charge in [0.05, 0.1) is 18.0 Å². The van der Waals surface area contributed by atoms with Crippen molar-refractivity contribution in [3.8, 4) is 0 Å². The number of hydrogen-bond donors (Lipinski definition) is 2. The molecule has 22 heavy (non-hydrogen) atoms. The van der Waals surface area contributed by atoms with Gasteiger partial charge in [0.25, 0.3) is 5.56 Å². The minimum Gasteiger partial charge on any atom is -0.370 e. The van der Waals surface area contributed by atoms with Gasteiger partial charge in [-0.1, -0.05) is 18.7 Å². The Kier molecular flexibility index (Phi) is 4.00. The van der Waals surface area contributed by atoms with Crippen LogP contribution < -0.4 is 11.3 Å². The number of nitrogens with zero attached hydrogens (tertiary/aromatic N) is 1. The summed E-state index contributed by atoms with van der Waals surface area (Å²) in [5, 5.41) is 0.274. The van der Waals surface area contributed by atoms with Crippen molar-refractivity contribution < 1.29 is 9.53 Å². The summed E-state index contributed by atoms with van der Waals surface area (Å²) in [7, 11) is 0. The number of thioether (sulfide) groups is 1. The predicted octanol–water partition coefficient (Wildman–Crippen LogP) is 1.80. The fraction of sp³-hybridized carbons (Fsp3) is 0.500. The third kappa shape index (κ3) is 2.78. The lowest BCUT2D eigenvalue weighted by atomic mass is 9.94. The quantitative estimate of drug-likeness (QED) is 0.828. The fourth-order valence-electron chi connectivity index (χ4n) is 2.41. The van der Waals surface area contributed by atoms with Gasteiger partial charge in [0, 0.05) is 16.9 Å². The zero-order valence-electron chi connectivity index (χ0n) is 12.4. The minimum absolute atomic E-state index is 0.0400. The molecule has 1 aliphatic rings. The highest BCUT2D eigenvalue weighted by molar-refractivity contribution is 7.99. The van der Waals surface area contributed by atoms with Gasteiger partial charge in [-0.2, -0.15) is 0 Å². The molecule has 1 amide bonds. The van der Waals surface area contributed by atoms with Crippen LogP contribution in [-0.4, -0.2) is 27.2 Å². The molecular weight excluding hydrogens is 322 g/mol. The third-order valence-electron chi connectivity index (χ3n) is 3.90. The molecule has 3 rings (SSSR count). The van der Waals surface area contributed by atoms with E-state index < -0.39 is 5.91 Å². The van der Waals surface area contributed by atoms with Crippen LogP contribution in [0, 0.1) is 0 Å². The lowest BCUT2D eigenvalue weighted by Crippen LogP contribution is -2.33. The first kappa shape index (κ1) is 15.5. The first-order valence-electron chi connectivity index (χ1n) is 7.01. The highest BCUT2D eigenvalue weighted by Crippen LogP contribution is 2.38. The number of amides is 1. The number of carbonyl (C=O) groups excluding carboxylic acids is 1. The van der Waals surface area contributed by atoms with E-state index in [0.717, 1.165) is 40.5 Å². The number of hydrogen-bond acceptors (Lipinski definition) is 6. The Hall–Kier alpha value is -1.38. The Morgan fingerprint density at radius 3 is 3.05 bits per heavy atom. The highest BCUT2D eigenvalue weighted by atomic mass is 32.2. The molecule has 0 spiro atoms. The maximum Gasteiger partial charge on any atom is 0.281 e. The Morgan fingerprint density at radius 2 is 2.36 bits per heavy atom. The number of nitrogens with one attached hydrogen (secondary N) is 1. The minimum atomic E-state index is -0.472. The maximum absolute atomic E-state index is 12.0. The van der Waals surface area contributed by atoms with Gasteiger partial charge in [0.2, 0.25) is 5.91 Å². The van der Waals surface area contributed by atoms with Crippen molar-refractivity contribution in [2.24, 2.45) is 5.73 Å². The van der Waals surface area contributed by atoms with Crippen LogP contribution >= 0.6 is 23.1 Å². The normalized spacial score (nSPS) is 21.0. The van der Waals surface area contributed by atoms with Gasteiger partial charge in [-0.15, -0.1) is 11.3 Å². The number of fused-ring (bicyclic) bond motifs is 3. The van der Waals surface area contributed by atoms with E-state index in [4.69, 9.17) is 10.5 Å². The van der Waals surface area contributed by atoms with Gasteiger partial charge in [-0.05, 0) is 13.3 Å². The summed E-state index contributed by atoms with van der Waals surface area (Å²) >= 11 is 2.63. The van der Waals surface area contributed by atoms with Crippen molar-refractivity contribution in [3.63, 3.8) is 0 Å². The smallest absolute Gasteiger partial charge is 0.281 e. The lowest BCUT2D eigenvalue weighted by molar-refractivity contribution is -0.115. The van der Waals surface area contributed by atoms with Gasteiger partial charge < -0.3 is 15.5 Å². The number of aromatic nitrogens is 2. The summed E-state index contributed by atoms with van der Waals surface area (Å²) in [6, 6.07) is 0. The molecule has 0 saturated carbocycles. The molecular formula is C14H17N3O3S2. The van der Waals surface area contributed by atoms with E-state index in [-0.39, 0.29) is 21.9 Å². The fourth-order valence-corrected chi connectivity index (χ4v) is 4.34.